The van der Waals surface area contributed by atoms with Gasteiger partial charge in [0.05, 0.1) is 11.2 Å². The number of piperidine rings is 1. The Hall–Kier alpha value is -2.90. The van der Waals surface area contributed by atoms with E-state index < -0.39 is 10.0 Å². The van der Waals surface area contributed by atoms with Gasteiger partial charge in [0.1, 0.15) is 0 Å². The van der Waals surface area contributed by atoms with Gasteiger partial charge in [0.2, 0.25) is 10.0 Å². The van der Waals surface area contributed by atoms with E-state index in [1.165, 1.54) is 6.26 Å². The topological polar surface area (TPSA) is 79.6 Å². The maximum Gasteiger partial charge on any atom is 0.290 e. The van der Waals surface area contributed by atoms with Crippen molar-refractivity contribution in [2.45, 2.75) is 24.7 Å². The van der Waals surface area contributed by atoms with Crippen molar-refractivity contribution in [3.05, 3.63) is 78.3 Å². The number of nitrogens with one attached hydrogen (secondary N) is 1. The molecule has 1 unspecified atom stereocenters. The first-order valence-electron chi connectivity index (χ1n) is 10.4. The highest BCUT2D eigenvalue weighted by molar-refractivity contribution is 7.89. The number of carbonyl (C=O) groups excluding carboxylic acids is 1. The van der Waals surface area contributed by atoms with Crippen LogP contribution in [-0.2, 0) is 10.0 Å². The lowest BCUT2D eigenvalue weighted by atomic mass is 9.97. The molecule has 1 atom stereocenters. The molecular formula is C24H26N2O4S. The zero-order valence-electron chi connectivity index (χ0n) is 17.5. The number of benzene rings is 2. The molecule has 0 radical (unpaired) electrons. The molecule has 3 aromatic rings. The van der Waals surface area contributed by atoms with Crippen molar-refractivity contribution >= 4 is 15.9 Å². The van der Waals surface area contributed by atoms with Gasteiger partial charge in [0.25, 0.3) is 5.91 Å². The van der Waals surface area contributed by atoms with E-state index in [1.54, 1.807) is 35.2 Å². The third-order valence-electron chi connectivity index (χ3n) is 5.64. The monoisotopic (exact) mass is 438 g/mol. The minimum absolute atomic E-state index is 0.0491. The predicted molar refractivity (Wildman–Crippen MR) is 119 cm³/mol. The van der Waals surface area contributed by atoms with Gasteiger partial charge < -0.3 is 9.32 Å². The standard InChI is InChI=1S/C24H26N2O4S/c1-18-9-11-21(12-10-18)31(28,29)25-16-19-6-5-14-26(17-19)24(27)23-22(13-15-30-23)20-7-3-2-4-8-20/h2-4,7-13,15,19,25H,5-6,14,16-17H2,1H3. The number of sulfonamides is 1. The van der Waals surface area contributed by atoms with Crippen LogP contribution in [0.4, 0.5) is 0 Å². The Balaban J connectivity index is 1.42. The van der Waals surface area contributed by atoms with E-state index in [1.807, 2.05) is 37.3 Å². The lowest BCUT2D eigenvalue weighted by molar-refractivity contribution is 0.0645. The van der Waals surface area contributed by atoms with Crippen LogP contribution < -0.4 is 4.72 Å². The number of hydrogen-bond donors (Lipinski definition) is 1. The van der Waals surface area contributed by atoms with Crippen molar-refractivity contribution in [2.75, 3.05) is 19.6 Å². The first kappa shape index (κ1) is 21.3. The van der Waals surface area contributed by atoms with Gasteiger partial charge in [-0.15, -0.1) is 0 Å². The van der Waals surface area contributed by atoms with E-state index in [9.17, 15) is 13.2 Å². The molecule has 1 fully saturated rings. The number of furan rings is 1. The molecule has 1 N–H and O–H groups in total. The Kier molecular flexibility index (Phi) is 6.25. The summed E-state index contributed by atoms with van der Waals surface area (Å²) < 4.78 is 33.4. The third-order valence-corrected chi connectivity index (χ3v) is 7.08. The normalized spacial score (nSPS) is 16.9. The van der Waals surface area contributed by atoms with Crippen LogP contribution in [0.2, 0.25) is 0 Å². The average molecular weight is 439 g/mol. The Morgan fingerprint density at radius 1 is 1.10 bits per heavy atom. The molecule has 7 heteroatoms. The van der Waals surface area contributed by atoms with Crippen LogP contribution in [0.1, 0.15) is 29.0 Å². The van der Waals surface area contributed by atoms with Crippen molar-refractivity contribution in [3.63, 3.8) is 0 Å². The second-order valence-corrected chi connectivity index (χ2v) is 9.72. The van der Waals surface area contributed by atoms with Crippen molar-refractivity contribution < 1.29 is 17.6 Å². The van der Waals surface area contributed by atoms with Gasteiger partial charge >= 0.3 is 0 Å². The Labute approximate surface area is 182 Å². The molecule has 4 rings (SSSR count). The van der Waals surface area contributed by atoms with Crippen LogP contribution in [0.3, 0.4) is 0 Å². The maximum absolute atomic E-state index is 13.1. The molecule has 6 nitrogen and oxygen atoms in total. The zero-order valence-corrected chi connectivity index (χ0v) is 18.3. The van der Waals surface area contributed by atoms with E-state index in [2.05, 4.69) is 4.72 Å². The average Bonchev–Trinajstić information content (AvgIpc) is 3.28. The van der Waals surface area contributed by atoms with Crippen LogP contribution in [-0.4, -0.2) is 38.9 Å². The molecule has 0 bridgehead atoms. The summed E-state index contributed by atoms with van der Waals surface area (Å²) in [7, 11) is -3.57. The van der Waals surface area contributed by atoms with Crippen LogP contribution in [0.15, 0.2) is 76.2 Å². The van der Waals surface area contributed by atoms with Gasteiger partial charge in [-0.1, -0.05) is 48.0 Å². The highest BCUT2D eigenvalue weighted by atomic mass is 32.2. The summed E-state index contributed by atoms with van der Waals surface area (Å²) in [5.41, 5.74) is 2.71. The summed E-state index contributed by atoms with van der Waals surface area (Å²) in [6.45, 7) is 3.34. The number of aryl methyl sites for hydroxylation is 1. The summed E-state index contributed by atoms with van der Waals surface area (Å²) >= 11 is 0. The molecule has 2 heterocycles. The number of amides is 1. The van der Waals surface area contributed by atoms with E-state index in [0.29, 0.717) is 25.4 Å². The quantitative estimate of drug-likeness (QED) is 0.629. The Morgan fingerprint density at radius 3 is 2.58 bits per heavy atom. The number of hydrogen-bond acceptors (Lipinski definition) is 4. The van der Waals surface area contributed by atoms with Gasteiger partial charge in [0, 0.05) is 25.2 Å². The first-order valence-corrected chi connectivity index (χ1v) is 11.9. The summed E-state index contributed by atoms with van der Waals surface area (Å²) in [5, 5.41) is 0. The van der Waals surface area contributed by atoms with Crippen molar-refractivity contribution in [1.29, 1.82) is 0 Å². The van der Waals surface area contributed by atoms with E-state index >= 15 is 0 Å². The van der Waals surface area contributed by atoms with E-state index in [4.69, 9.17) is 4.42 Å². The largest absolute Gasteiger partial charge is 0.459 e. The molecule has 0 aliphatic carbocycles. The summed E-state index contributed by atoms with van der Waals surface area (Å²) in [6.07, 6.45) is 3.22. The molecule has 0 saturated carbocycles. The Bertz CT molecular complexity index is 1140. The van der Waals surface area contributed by atoms with Gasteiger partial charge in [-0.25, -0.2) is 13.1 Å². The molecule has 162 valence electrons. The van der Waals surface area contributed by atoms with Crippen molar-refractivity contribution in [2.24, 2.45) is 5.92 Å². The number of rotatable bonds is 6. The highest BCUT2D eigenvalue weighted by Crippen LogP contribution is 2.27. The van der Waals surface area contributed by atoms with Gasteiger partial charge in [-0.05, 0) is 49.4 Å². The highest BCUT2D eigenvalue weighted by Gasteiger charge is 2.29. The molecule has 1 aliphatic heterocycles. The fraction of sp³-hybridized carbons (Fsp3) is 0.292. The van der Waals surface area contributed by atoms with E-state index in [-0.39, 0.29) is 16.7 Å². The fourth-order valence-electron chi connectivity index (χ4n) is 3.91. The Morgan fingerprint density at radius 2 is 1.84 bits per heavy atom. The molecule has 31 heavy (non-hydrogen) atoms. The smallest absolute Gasteiger partial charge is 0.290 e. The molecule has 2 aromatic carbocycles. The molecule has 1 amide bonds. The molecule has 1 saturated heterocycles. The summed E-state index contributed by atoms with van der Waals surface area (Å²) in [4.78, 5) is 15.2. The molecular weight excluding hydrogens is 412 g/mol. The molecule has 0 spiro atoms. The third kappa shape index (κ3) is 4.89. The lowest BCUT2D eigenvalue weighted by Crippen LogP contribution is -2.43. The van der Waals surface area contributed by atoms with Crippen LogP contribution in [0.5, 0.6) is 0 Å². The van der Waals surface area contributed by atoms with Crippen molar-refractivity contribution in [3.8, 4) is 11.1 Å². The SMILES string of the molecule is Cc1ccc(S(=O)(=O)NCC2CCCN(C(=O)c3occc3-c3ccccc3)C2)cc1. The second kappa shape index (κ2) is 9.08. The minimum Gasteiger partial charge on any atom is -0.459 e. The van der Waals surface area contributed by atoms with Gasteiger partial charge in [-0.2, -0.15) is 0 Å². The number of likely N-dealkylation sites (tertiary alicyclic amines) is 1. The van der Waals surface area contributed by atoms with Crippen LogP contribution in [0.25, 0.3) is 11.1 Å². The van der Waals surface area contributed by atoms with Crippen LogP contribution in [0, 0.1) is 12.8 Å². The predicted octanol–water partition coefficient (Wildman–Crippen LogP) is 4.09. The van der Waals surface area contributed by atoms with Crippen molar-refractivity contribution in [1.82, 2.24) is 9.62 Å². The summed E-state index contributed by atoms with van der Waals surface area (Å²) in [5.74, 6) is 0.218. The fourth-order valence-corrected chi connectivity index (χ4v) is 5.02. The lowest BCUT2D eigenvalue weighted by Gasteiger charge is -2.32. The molecule has 1 aliphatic rings. The zero-order chi connectivity index (χ0) is 21.8. The van der Waals surface area contributed by atoms with Gasteiger partial charge in [0.15, 0.2) is 5.76 Å². The number of nitrogens with zero attached hydrogens (tertiary/aromatic N) is 1. The molecule has 1 aromatic heterocycles. The van der Waals surface area contributed by atoms with Gasteiger partial charge in [-0.3, -0.25) is 4.79 Å². The first-order chi connectivity index (χ1) is 14.9. The second-order valence-electron chi connectivity index (χ2n) is 7.95. The number of carbonyl (C=O) groups is 1. The van der Waals surface area contributed by atoms with E-state index in [0.717, 1.165) is 29.5 Å². The van der Waals surface area contributed by atoms with Crippen LogP contribution >= 0.6 is 0 Å². The summed E-state index contributed by atoms with van der Waals surface area (Å²) in [6, 6.07) is 18.2. The maximum atomic E-state index is 13.1. The minimum atomic E-state index is -3.57.